The van der Waals surface area contributed by atoms with E-state index in [0.717, 1.165) is 60.5 Å². The van der Waals surface area contributed by atoms with Crippen LogP contribution in [0.2, 0.25) is 0 Å². The molecule has 10 aromatic rings. The molecule has 3 heteroatoms. The van der Waals surface area contributed by atoms with E-state index >= 15 is 0 Å². The molecule has 11 rings (SSSR count). The Morgan fingerprint density at radius 1 is 0.517 bits per heavy atom. The standard InChI is InChI=1S/C57H40N2O/c1-57(2)49-23-12-21-41(54(49)48-31-30-37-16-6-7-17-42(37)56(48)57)39-28-26-38(27-29-39)40-32-33-45(44-19-9-8-18-43(40)44)51(59-35-36-14-4-3-5-15-36)34-50(58)46-22-13-25-53-55(46)47-20-10-11-24-52(47)60-53/h3-35,58H,1-2H3/b51-34-,58-50?,59-35?. The summed E-state index contributed by atoms with van der Waals surface area (Å²) in [6.45, 7) is 4.73. The summed E-state index contributed by atoms with van der Waals surface area (Å²) in [5.41, 5.74) is 15.5. The van der Waals surface area contributed by atoms with Gasteiger partial charge in [-0.2, -0.15) is 0 Å². The predicted molar refractivity (Wildman–Crippen MR) is 252 cm³/mol. The number of para-hydroxylation sites is 1. The zero-order valence-corrected chi connectivity index (χ0v) is 33.4. The third-order valence-corrected chi connectivity index (χ3v) is 12.4. The molecule has 9 aromatic carbocycles. The highest BCUT2D eigenvalue weighted by atomic mass is 16.3. The second kappa shape index (κ2) is 14.0. The maximum absolute atomic E-state index is 9.52. The lowest BCUT2D eigenvalue weighted by atomic mass is 9.80. The third-order valence-electron chi connectivity index (χ3n) is 12.4. The van der Waals surface area contributed by atoms with Crippen LogP contribution in [0.1, 0.15) is 41.7 Å². The van der Waals surface area contributed by atoms with Crippen LogP contribution in [0.5, 0.6) is 0 Å². The molecule has 1 N–H and O–H groups in total. The molecule has 0 amide bonds. The first-order chi connectivity index (χ1) is 29.4. The van der Waals surface area contributed by atoms with Crippen molar-refractivity contribution in [2.45, 2.75) is 19.3 Å². The molecule has 3 nitrogen and oxygen atoms in total. The number of benzene rings is 9. The van der Waals surface area contributed by atoms with Crippen LogP contribution in [0.4, 0.5) is 0 Å². The van der Waals surface area contributed by atoms with E-state index in [1.807, 2.05) is 79.0 Å². The van der Waals surface area contributed by atoms with Crippen molar-refractivity contribution in [3.63, 3.8) is 0 Å². The Kier molecular flexibility index (Phi) is 8.31. The van der Waals surface area contributed by atoms with Crippen LogP contribution in [0.15, 0.2) is 204 Å². The van der Waals surface area contributed by atoms with Crippen LogP contribution in [0.3, 0.4) is 0 Å². The van der Waals surface area contributed by atoms with Gasteiger partial charge in [-0.25, -0.2) is 0 Å². The van der Waals surface area contributed by atoms with Crippen molar-refractivity contribution in [3.8, 4) is 33.4 Å². The molecule has 0 spiro atoms. The number of aliphatic imine (C=N–C) groups is 1. The SMILES string of the molecule is CC1(C)c2cccc(-c3ccc(-c4ccc(/C(=C/C(=N)c5cccc6oc7ccccc7c56)N=Cc5ccccc5)c5ccccc45)cc3)c2-c2ccc3ccccc3c21. The van der Waals surface area contributed by atoms with E-state index in [4.69, 9.17) is 9.41 Å². The highest BCUT2D eigenvalue weighted by Crippen LogP contribution is 2.54. The minimum Gasteiger partial charge on any atom is -0.456 e. The highest BCUT2D eigenvalue weighted by molar-refractivity contribution is 6.23. The van der Waals surface area contributed by atoms with Gasteiger partial charge in [0.15, 0.2) is 0 Å². The van der Waals surface area contributed by atoms with Crippen molar-refractivity contribution in [3.05, 3.63) is 222 Å². The van der Waals surface area contributed by atoms with Crippen molar-refractivity contribution < 1.29 is 4.42 Å². The average Bonchev–Trinajstić information content (AvgIpc) is 3.80. The summed E-state index contributed by atoms with van der Waals surface area (Å²) in [7, 11) is 0. The van der Waals surface area contributed by atoms with Gasteiger partial charge in [-0.15, -0.1) is 0 Å². The number of rotatable bonds is 7. The van der Waals surface area contributed by atoms with Gasteiger partial charge in [0.25, 0.3) is 0 Å². The molecule has 0 atom stereocenters. The monoisotopic (exact) mass is 768 g/mol. The first kappa shape index (κ1) is 35.5. The average molecular weight is 769 g/mol. The molecule has 0 fully saturated rings. The van der Waals surface area contributed by atoms with Crippen molar-refractivity contribution >= 4 is 61.1 Å². The first-order valence-corrected chi connectivity index (χ1v) is 20.5. The fourth-order valence-corrected chi connectivity index (χ4v) is 9.58. The number of hydrogen-bond donors (Lipinski definition) is 1. The summed E-state index contributed by atoms with van der Waals surface area (Å²) in [6, 6.07) is 66.2. The Labute approximate surface area is 349 Å². The number of allylic oxidation sites excluding steroid dienone is 1. The van der Waals surface area contributed by atoms with Crippen molar-refractivity contribution in [1.82, 2.24) is 0 Å². The van der Waals surface area contributed by atoms with Gasteiger partial charge in [-0.3, -0.25) is 4.99 Å². The van der Waals surface area contributed by atoms with Crippen LogP contribution >= 0.6 is 0 Å². The van der Waals surface area contributed by atoms with E-state index in [1.54, 1.807) is 0 Å². The number of hydrogen-bond acceptors (Lipinski definition) is 3. The van der Waals surface area contributed by atoms with Gasteiger partial charge in [0.1, 0.15) is 11.2 Å². The molecule has 60 heavy (non-hydrogen) atoms. The quantitative estimate of drug-likeness (QED) is 0.161. The minimum absolute atomic E-state index is 0.111. The maximum atomic E-state index is 9.52. The van der Waals surface area contributed by atoms with Crippen molar-refractivity contribution in [2.24, 2.45) is 4.99 Å². The molecule has 1 aliphatic carbocycles. The Hall–Kier alpha value is -7.62. The Bertz CT molecular complexity index is 3400. The molecule has 0 saturated heterocycles. The van der Waals surface area contributed by atoms with Crippen molar-refractivity contribution in [2.75, 3.05) is 0 Å². The van der Waals surface area contributed by atoms with Crippen LogP contribution < -0.4 is 0 Å². The zero-order chi connectivity index (χ0) is 40.4. The lowest BCUT2D eigenvalue weighted by Crippen LogP contribution is -2.15. The van der Waals surface area contributed by atoms with E-state index in [9.17, 15) is 5.41 Å². The predicted octanol–water partition coefficient (Wildman–Crippen LogP) is 15.1. The molecule has 1 aliphatic rings. The lowest BCUT2D eigenvalue weighted by molar-refractivity contribution is 0.666. The molecule has 0 unspecified atom stereocenters. The fourth-order valence-electron chi connectivity index (χ4n) is 9.58. The third kappa shape index (κ3) is 5.73. The summed E-state index contributed by atoms with van der Waals surface area (Å²) in [5.74, 6) is 0. The second-order valence-corrected chi connectivity index (χ2v) is 16.2. The second-order valence-electron chi connectivity index (χ2n) is 16.2. The summed E-state index contributed by atoms with van der Waals surface area (Å²) in [6.07, 6.45) is 3.78. The summed E-state index contributed by atoms with van der Waals surface area (Å²) < 4.78 is 6.19. The van der Waals surface area contributed by atoms with Gasteiger partial charge in [0, 0.05) is 33.5 Å². The van der Waals surface area contributed by atoms with E-state index in [-0.39, 0.29) is 5.41 Å². The number of fused-ring (bicyclic) bond motifs is 9. The smallest absolute Gasteiger partial charge is 0.136 e. The van der Waals surface area contributed by atoms with E-state index in [1.165, 1.54) is 44.2 Å². The summed E-state index contributed by atoms with van der Waals surface area (Å²) >= 11 is 0. The van der Waals surface area contributed by atoms with Crippen LogP contribution in [0, 0.1) is 5.41 Å². The topological polar surface area (TPSA) is 49.4 Å². The molecule has 0 aliphatic heterocycles. The van der Waals surface area contributed by atoms with E-state index in [2.05, 4.69) is 135 Å². The zero-order valence-electron chi connectivity index (χ0n) is 33.4. The fraction of sp³-hybridized carbons (Fsp3) is 0.0526. The van der Waals surface area contributed by atoms with E-state index < -0.39 is 0 Å². The molecular weight excluding hydrogens is 729 g/mol. The van der Waals surface area contributed by atoms with Crippen LogP contribution in [0.25, 0.3) is 82.6 Å². The van der Waals surface area contributed by atoms with Crippen LogP contribution in [-0.2, 0) is 5.41 Å². The molecule has 284 valence electrons. The van der Waals surface area contributed by atoms with Gasteiger partial charge >= 0.3 is 0 Å². The first-order valence-electron chi connectivity index (χ1n) is 20.5. The molecule has 1 aromatic heterocycles. The molecular formula is C57H40N2O. The molecule has 0 bridgehead atoms. The largest absolute Gasteiger partial charge is 0.456 e. The van der Waals surface area contributed by atoms with Gasteiger partial charge < -0.3 is 9.83 Å². The van der Waals surface area contributed by atoms with Gasteiger partial charge in [0.2, 0.25) is 0 Å². The Morgan fingerprint density at radius 3 is 1.98 bits per heavy atom. The van der Waals surface area contributed by atoms with E-state index in [0.29, 0.717) is 11.4 Å². The number of nitrogens with zero attached hydrogens (tertiary/aromatic N) is 1. The lowest BCUT2D eigenvalue weighted by Gasteiger charge is -2.23. The van der Waals surface area contributed by atoms with Gasteiger partial charge in [-0.1, -0.05) is 190 Å². The number of nitrogens with one attached hydrogen (secondary N) is 1. The van der Waals surface area contributed by atoms with Crippen molar-refractivity contribution in [1.29, 1.82) is 5.41 Å². The normalized spacial score (nSPS) is 13.4. The van der Waals surface area contributed by atoms with Crippen LogP contribution in [-0.4, -0.2) is 11.9 Å². The summed E-state index contributed by atoms with van der Waals surface area (Å²) in [4.78, 5) is 5.10. The maximum Gasteiger partial charge on any atom is 0.136 e. The highest BCUT2D eigenvalue weighted by Gasteiger charge is 2.38. The van der Waals surface area contributed by atoms with Gasteiger partial charge in [-0.05, 0) is 89.8 Å². The van der Waals surface area contributed by atoms with Gasteiger partial charge in [0.05, 0.1) is 11.4 Å². The minimum atomic E-state index is -0.111. The molecule has 0 radical (unpaired) electrons. The Morgan fingerprint density at radius 2 is 1.17 bits per heavy atom. The summed E-state index contributed by atoms with van der Waals surface area (Å²) in [5, 5.41) is 16.3. The molecule has 0 saturated carbocycles. The molecule has 1 heterocycles. The number of furan rings is 1. The Balaban J connectivity index is 1.01.